The second-order valence-electron chi connectivity index (χ2n) is 4.51. The summed E-state index contributed by atoms with van der Waals surface area (Å²) in [5, 5.41) is 0. The van der Waals surface area contributed by atoms with Gasteiger partial charge < -0.3 is 9.47 Å². The molecule has 118 valence electrons. The number of ether oxygens (including phenoxy) is 2. The Bertz CT molecular complexity index is 654. The Balaban J connectivity index is 2.69. The molecule has 2 unspecified atom stereocenters. The molecule has 0 saturated heterocycles. The molecular weight excluding hydrogens is 304 g/mol. The molecule has 22 heavy (non-hydrogen) atoms. The van der Waals surface area contributed by atoms with E-state index in [-0.39, 0.29) is 5.56 Å². The number of methoxy groups -OCH3 is 2. The first-order valence-electron chi connectivity index (χ1n) is 6.20. The highest BCUT2D eigenvalue weighted by Gasteiger charge is 2.59. The number of hydrogen-bond acceptors (Lipinski definition) is 3. The summed E-state index contributed by atoms with van der Waals surface area (Å²) < 4.78 is 66.0. The number of halogens is 4. The Kier molecular flexibility index (Phi) is 4.37. The first-order chi connectivity index (χ1) is 10.4. The zero-order valence-corrected chi connectivity index (χ0v) is 11.7. The zero-order chi connectivity index (χ0) is 16.5. The fraction of sp³-hybridized carbons (Fsp3) is 0.267. The normalized spacial score (nSPS) is 25.5. The van der Waals surface area contributed by atoms with Crippen molar-refractivity contribution in [2.75, 3.05) is 14.2 Å². The number of carbonyl (C=O) groups is 1. The van der Waals surface area contributed by atoms with Crippen LogP contribution in [0.5, 0.6) is 0 Å². The van der Waals surface area contributed by atoms with E-state index in [9.17, 15) is 22.4 Å². The molecule has 7 heteroatoms. The third-order valence-corrected chi connectivity index (χ3v) is 3.43. The third-order valence-electron chi connectivity index (χ3n) is 3.43. The lowest BCUT2D eigenvalue weighted by Gasteiger charge is -2.34. The van der Waals surface area contributed by atoms with E-state index in [0.29, 0.717) is 0 Å². The Labute approximate surface area is 123 Å². The zero-order valence-electron chi connectivity index (χ0n) is 11.7. The van der Waals surface area contributed by atoms with Gasteiger partial charge in [0.15, 0.2) is 17.8 Å². The number of benzene rings is 1. The van der Waals surface area contributed by atoms with Gasteiger partial charge in [-0.2, -0.15) is 0 Å². The lowest BCUT2D eigenvalue weighted by atomic mass is 9.84. The van der Waals surface area contributed by atoms with Gasteiger partial charge in [0.25, 0.3) is 5.60 Å². The molecule has 3 nitrogen and oxygen atoms in total. The molecule has 1 aromatic rings. The maximum absolute atomic E-state index is 14.4. The van der Waals surface area contributed by atoms with Crippen molar-refractivity contribution in [3.63, 3.8) is 0 Å². The molecule has 0 fully saturated rings. The average Bonchev–Trinajstić information content (AvgIpc) is 2.55. The number of allylic oxidation sites excluding steroid dienone is 2. The van der Waals surface area contributed by atoms with Crippen LogP contribution in [0.1, 0.15) is 5.56 Å². The van der Waals surface area contributed by atoms with E-state index < -0.39 is 40.8 Å². The minimum absolute atomic E-state index is 0.0649. The van der Waals surface area contributed by atoms with Crippen molar-refractivity contribution >= 4 is 11.5 Å². The van der Waals surface area contributed by atoms with Crippen molar-refractivity contribution in [2.45, 2.75) is 11.8 Å². The minimum Gasteiger partial charge on any atom is -0.466 e. The number of esters is 1. The monoisotopic (exact) mass is 316 g/mol. The van der Waals surface area contributed by atoms with E-state index >= 15 is 0 Å². The summed E-state index contributed by atoms with van der Waals surface area (Å²) in [7, 11) is 1.59. The number of alkyl halides is 1. The summed E-state index contributed by atoms with van der Waals surface area (Å²) in [5.41, 5.74) is -4.08. The van der Waals surface area contributed by atoms with Crippen LogP contribution >= 0.6 is 0 Å². The standard InChI is InChI=1S/C15H12F4O3/c1-21-14(20)15(22-2)12(18)10(16)9(11(17)13(15)19)8-6-4-3-5-7-8/h3-7,12H,1-2H3. The molecule has 1 aliphatic carbocycles. The number of rotatable bonds is 3. The molecule has 2 rings (SSSR count). The predicted octanol–water partition coefficient (Wildman–Crippen LogP) is 3.43. The molecule has 0 aromatic heterocycles. The van der Waals surface area contributed by atoms with Crippen LogP contribution in [-0.2, 0) is 14.3 Å². The van der Waals surface area contributed by atoms with Crippen LogP contribution in [0.4, 0.5) is 17.6 Å². The lowest BCUT2D eigenvalue weighted by Crippen LogP contribution is -2.53. The van der Waals surface area contributed by atoms with Gasteiger partial charge in [-0.25, -0.2) is 22.4 Å². The predicted molar refractivity (Wildman–Crippen MR) is 70.4 cm³/mol. The Morgan fingerprint density at radius 3 is 2.23 bits per heavy atom. The summed E-state index contributed by atoms with van der Waals surface area (Å²) in [6.07, 6.45) is -2.88. The van der Waals surface area contributed by atoms with Gasteiger partial charge in [0.1, 0.15) is 5.83 Å². The van der Waals surface area contributed by atoms with Crippen molar-refractivity contribution in [3.05, 3.63) is 53.4 Å². The second kappa shape index (κ2) is 5.92. The molecule has 0 saturated carbocycles. The second-order valence-corrected chi connectivity index (χ2v) is 4.51. The van der Waals surface area contributed by atoms with Gasteiger partial charge in [0, 0.05) is 7.11 Å². The van der Waals surface area contributed by atoms with Crippen molar-refractivity contribution in [2.24, 2.45) is 0 Å². The van der Waals surface area contributed by atoms with E-state index in [0.717, 1.165) is 14.2 Å². The molecule has 1 aromatic carbocycles. The fourth-order valence-corrected chi connectivity index (χ4v) is 2.28. The maximum atomic E-state index is 14.4. The van der Waals surface area contributed by atoms with E-state index in [1.165, 1.54) is 24.3 Å². The van der Waals surface area contributed by atoms with Crippen LogP contribution in [0, 0.1) is 0 Å². The summed E-state index contributed by atoms with van der Waals surface area (Å²) >= 11 is 0. The number of hydrogen-bond donors (Lipinski definition) is 0. The van der Waals surface area contributed by atoms with Crippen molar-refractivity contribution in [1.29, 1.82) is 0 Å². The SMILES string of the molecule is COC(=O)C1(OC)C(F)=C(F)C(c2ccccc2)=C(F)C1F. The van der Waals surface area contributed by atoms with E-state index in [1.807, 2.05) is 0 Å². The van der Waals surface area contributed by atoms with E-state index in [1.54, 1.807) is 6.07 Å². The highest BCUT2D eigenvalue weighted by Crippen LogP contribution is 2.47. The van der Waals surface area contributed by atoms with E-state index in [4.69, 9.17) is 0 Å². The van der Waals surface area contributed by atoms with Crippen molar-refractivity contribution in [1.82, 2.24) is 0 Å². The smallest absolute Gasteiger partial charge is 0.349 e. The minimum atomic E-state index is -3.12. The van der Waals surface area contributed by atoms with Gasteiger partial charge in [-0.05, 0) is 5.56 Å². The molecule has 0 N–H and O–H groups in total. The molecule has 2 atom stereocenters. The molecule has 0 bridgehead atoms. The van der Waals surface area contributed by atoms with Crippen LogP contribution in [0.2, 0.25) is 0 Å². The summed E-state index contributed by atoms with van der Waals surface area (Å²) in [4.78, 5) is 11.7. The lowest BCUT2D eigenvalue weighted by molar-refractivity contribution is -0.170. The maximum Gasteiger partial charge on any atom is 0.349 e. The van der Waals surface area contributed by atoms with Crippen LogP contribution in [-0.4, -0.2) is 32.0 Å². The highest BCUT2D eigenvalue weighted by molar-refractivity contribution is 5.91. The van der Waals surface area contributed by atoms with Gasteiger partial charge in [-0.3, -0.25) is 0 Å². The first-order valence-corrected chi connectivity index (χ1v) is 6.20. The average molecular weight is 316 g/mol. The van der Waals surface area contributed by atoms with Crippen LogP contribution < -0.4 is 0 Å². The van der Waals surface area contributed by atoms with Crippen molar-refractivity contribution in [3.8, 4) is 0 Å². The molecule has 0 aliphatic heterocycles. The molecular formula is C15H12F4O3. The Morgan fingerprint density at radius 2 is 1.73 bits per heavy atom. The Hall–Kier alpha value is -2.15. The topological polar surface area (TPSA) is 35.5 Å². The highest BCUT2D eigenvalue weighted by atomic mass is 19.2. The third kappa shape index (κ3) is 2.12. The van der Waals surface area contributed by atoms with Gasteiger partial charge in [-0.1, -0.05) is 30.3 Å². The van der Waals surface area contributed by atoms with Gasteiger partial charge in [0.2, 0.25) is 0 Å². The summed E-state index contributed by atoms with van der Waals surface area (Å²) in [5.74, 6) is -6.78. The van der Waals surface area contributed by atoms with Gasteiger partial charge in [0.05, 0.1) is 12.7 Å². The van der Waals surface area contributed by atoms with E-state index in [2.05, 4.69) is 9.47 Å². The first kappa shape index (κ1) is 16.2. The number of carbonyl (C=O) groups excluding carboxylic acids is 1. The Morgan fingerprint density at radius 1 is 1.14 bits per heavy atom. The molecule has 1 aliphatic rings. The summed E-state index contributed by atoms with van der Waals surface area (Å²) in [6.45, 7) is 0. The van der Waals surface area contributed by atoms with Crippen LogP contribution in [0.15, 0.2) is 47.8 Å². The quantitative estimate of drug-likeness (QED) is 0.633. The molecule has 0 amide bonds. The van der Waals surface area contributed by atoms with Crippen LogP contribution in [0.3, 0.4) is 0 Å². The largest absolute Gasteiger partial charge is 0.466 e. The van der Waals surface area contributed by atoms with Gasteiger partial charge >= 0.3 is 5.97 Å². The molecule has 0 radical (unpaired) electrons. The van der Waals surface area contributed by atoms with Gasteiger partial charge in [-0.15, -0.1) is 0 Å². The molecule has 0 heterocycles. The summed E-state index contributed by atoms with van der Waals surface area (Å²) in [6, 6.07) is 7.04. The van der Waals surface area contributed by atoms with Crippen molar-refractivity contribution < 1.29 is 31.8 Å². The fourth-order valence-electron chi connectivity index (χ4n) is 2.28. The molecule has 0 spiro atoms. The van der Waals surface area contributed by atoms with Crippen LogP contribution in [0.25, 0.3) is 5.57 Å².